The van der Waals surface area contributed by atoms with Gasteiger partial charge in [-0.15, -0.1) is 7.92 Å². The molecule has 1 heteroatoms. The Morgan fingerprint density at radius 1 is 1.38 bits per heavy atom. The van der Waals surface area contributed by atoms with Gasteiger partial charge < -0.3 is 0 Å². The van der Waals surface area contributed by atoms with E-state index >= 15 is 0 Å². The molecule has 0 aromatic rings. The highest BCUT2D eigenvalue weighted by Crippen LogP contribution is 2.46. The van der Waals surface area contributed by atoms with Gasteiger partial charge in [0.2, 0.25) is 0 Å². The van der Waals surface area contributed by atoms with E-state index in [1.165, 1.54) is 19.3 Å². The summed E-state index contributed by atoms with van der Waals surface area (Å²) in [5.41, 5.74) is 0. The lowest BCUT2D eigenvalue weighted by molar-refractivity contribution is 0.873. The molecule has 1 fully saturated rings. The summed E-state index contributed by atoms with van der Waals surface area (Å²) in [5, 5.41) is 0. The van der Waals surface area contributed by atoms with Crippen LogP contribution in [0.1, 0.15) is 26.2 Å². The molecule has 0 amide bonds. The van der Waals surface area contributed by atoms with E-state index in [2.05, 4.69) is 6.92 Å². The van der Waals surface area contributed by atoms with E-state index in [4.69, 9.17) is 0 Å². The quantitative estimate of drug-likeness (QED) is 0.515. The van der Waals surface area contributed by atoms with Gasteiger partial charge in [-0.1, -0.05) is 13.3 Å². The number of rotatable bonds is 3. The third kappa shape index (κ3) is 1.74. The zero-order chi connectivity index (χ0) is 5.82. The summed E-state index contributed by atoms with van der Waals surface area (Å²) in [6, 6.07) is 0. The largest absolute Gasteiger partial charge is 0.107 e. The first kappa shape index (κ1) is 6.55. The van der Waals surface area contributed by atoms with Crippen LogP contribution in [0.15, 0.2) is 0 Å². The average Bonchev–Trinajstić information content (AvgIpc) is 1.63. The molecule has 0 aliphatic carbocycles. The molecule has 0 aromatic heterocycles. The van der Waals surface area contributed by atoms with Crippen molar-refractivity contribution in [3.05, 3.63) is 0 Å². The molecule has 1 rings (SSSR count). The third-order valence-corrected chi connectivity index (χ3v) is 4.62. The van der Waals surface area contributed by atoms with Crippen molar-refractivity contribution in [2.24, 2.45) is 0 Å². The minimum absolute atomic E-state index is 0.596. The van der Waals surface area contributed by atoms with Crippen molar-refractivity contribution in [3.63, 3.8) is 0 Å². The number of hydrogen-bond donors (Lipinski definition) is 0. The summed E-state index contributed by atoms with van der Waals surface area (Å²) in [7, 11) is 0.596. The molecular formula is C7H15P. The van der Waals surface area contributed by atoms with E-state index in [9.17, 15) is 0 Å². The topological polar surface area (TPSA) is 0 Å². The number of unbranched alkanes of at least 4 members (excludes halogenated alkanes) is 1. The van der Waals surface area contributed by atoms with E-state index in [0.29, 0.717) is 7.92 Å². The van der Waals surface area contributed by atoms with Crippen LogP contribution in [0.25, 0.3) is 0 Å². The average molecular weight is 130 g/mol. The molecule has 1 aliphatic heterocycles. The molecule has 8 heavy (non-hydrogen) atoms. The maximum Gasteiger partial charge on any atom is -0.0323 e. The van der Waals surface area contributed by atoms with Crippen LogP contribution in [-0.4, -0.2) is 18.5 Å². The van der Waals surface area contributed by atoms with Gasteiger partial charge in [-0.3, -0.25) is 0 Å². The minimum Gasteiger partial charge on any atom is -0.107 e. The fraction of sp³-hybridized carbons (Fsp3) is 1.00. The molecule has 0 spiro atoms. The SMILES string of the molecule is CCCCP1CCC1. The van der Waals surface area contributed by atoms with Gasteiger partial charge in [0, 0.05) is 0 Å². The molecule has 0 bridgehead atoms. The predicted molar refractivity (Wildman–Crippen MR) is 41.0 cm³/mol. The minimum atomic E-state index is 0.596. The van der Waals surface area contributed by atoms with Gasteiger partial charge in [0.05, 0.1) is 0 Å². The fourth-order valence-corrected chi connectivity index (χ4v) is 2.96. The summed E-state index contributed by atoms with van der Waals surface area (Å²) in [5.74, 6) is 0. The van der Waals surface area contributed by atoms with Crippen LogP contribution in [0.5, 0.6) is 0 Å². The molecular weight excluding hydrogens is 115 g/mol. The second-order valence-corrected chi connectivity index (χ2v) is 5.23. The normalized spacial score (nSPS) is 20.6. The highest BCUT2D eigenvalue weighted by atomic mass is 31.1. The Morgan fingerprint density at radius 3 is 2.50 bits per heavy atom. The summed E-state index contributed by atoms with van der Waals surface area (Å²) in [4.78, 5) is 0. The second-order valence-electron chi connectivity index (χ2n) is 2.55. The molecule has 48 valence electrons. The lowest BCUT2D eigenvalue weighted by Gasteiger charge is -2.25. The molecule has 1 heterocycles. The van der Waals surface area contributed by atoms with Crippen molar-refractivity contribution in [3.8, 4) is 0 Å². The maximum absolute atomic E-state index is 2.29. The van der Waals surface area contributed by atoms with Crippen molar-refractivity contribution in [2.45, 2.75) is 26.2 Å². The van der Waals surface area contributed by atoms with Crippen molar-refractivity contribution < 1.29 is 0 Å². The highest BCUT2D eigenvalue weighted by Gasteiger charge is 2.14. The Kier molecular flexibility index (Phi) is 2.83. The van der Waals surface area contributed by atoms with E-state index < -0.39 is 0 Å². The van der Waals surface area contributed by atoms with Gasteiger partial charge in [-0.25, -0.2) is 0 Å². The van der Waals surface area contributed by atoms with E-state index in [1.807, 2.05) is 0 Å². The summed E-state index contributed by atoms with van der Waals surface area (Å²) in [6.07, 6.45) is 9.19. The lowest BCUT2D eigenvalue weighted by atomic mass is 10.4. The van der Waals surface area contributed by atoms with Crippen LogP contribution < -0.4 is 0 Å². The third-order valence-electron chi connectivity index (χ3n) is 1.78. The Hall–Kier alpha value is 0.430. The standard InChI is InChI=1S/C7H15P/c1-2-3-5-8-6-4-7-8/h2-7H2,1H3. The van der Waals surface area contributed by atoms with Gasteiger partial charge in [-0.2, -0.15) is 0 Å². The molecule has 0 aromatic carbocycles. The van der Waals surface area contributed by atoms with Crippen molar-refractivity contribution in [1.82, 2.24) is 0 Å². The van der Waals surface area contributed by atoms with Gasteiger partial charge in [0.1, 0.15) is 0 Å². The molecule has 0 radical (unpaired) electrons. The van der Waals surface area contributed by atoms with Crippen molar-refractivity contribution in [1.29, 1.82) is 0 Å². The van der Waals surface area contributed by atoms with Crippen LogP contribution in [0, 0.1) is 0 Å². The molecule has 0 unspecified atom stereocenters. The van der Waals surface area contributed by atoms with Crippen LogP contribution in [0.3, 0.4) is 0 Å². The summed E-state index contributed by atoms with van der Waals surface area (Å²) >= 11 is 0. The Bertz CT molecular complexity index is 57.4. The first-order valence-electron chi connectivity index (χ1n) is 3.66. The van der Waals surface area contributed by atoms with E-state index in [1.54, 1.807) is 18.5 Å². The second kappa shape index (κ2) is 3.45. The first-order valence-corrected chi connectivity index (χ1v) is 5.55. The van der Waals surface area contributed by atoms with E-state index in [0.717, 1.165) is 0 Å². The van der Waals surface area contributed by atoms with Crippen molar-refractivity contribution >= 4 is 7.92 Å². The molecule has 0 saturated carbocycles. The van der Waals surface area contributed by atoms with E-state index in [-0.39, 0.29) is 0 Å². The predicted octanol–water partition coefficient (Wildman–Crippen LogP) is 2.67. The van der Waals surface area contributed by atoms with Crippen LogP contribution >= 0.6 is 7.92 Å². The zero-order valence-corrected chi connectivity index (χ0v) is 6.58. The molecule has 1 aliphatic rings. The fourth-order valence-electron chi connectivity index (χ4n) is 0.987. The molecule has 0 N–H and O–H groups in total. The maximum atomic E-state index is 2.29. The monoisotopic (exact) mass is 130 g/mol. The highest BCUT2D eigenvalue weighted by molar-refractivity contribution is 7.59. The summed E-state index contributed by atoms with van der Waals surface area (Å²) < 4.78 is 0. The number of hydrogen-bond acceptors (Lipinski definition) is 0. The van der Waals surface area contributed by atoms with Crippen molar-refractivity contribution in [2.75, 3.05) is 18.5 Å². The van der Waals surface area contributed by atoms with Gasteiger partial charge in [0.15, 0.2) is 0 Å². The first-order chi connectivity index (χ1) is 3.93. The Balaban J connectivity index is 1.86. The van der Waals surface area contributed by atoms with Crippen LogP contribution in [0.2, 0.25) is 0 Å². The van der Waals surface area contributed by atoms with Crippen LogP contribution in [0.4, 0.5) is 0 Å². The molecule has 0 nitrogen and oxygen atoms in total. The summed E-state index contributed by atoms with van der Waals surface area (Å²) in [6.45, 7) is 2.29. The Morgan fingerprint density at radius 2 is 2.12 bits per heavy atom. The van der Waals surface area contributed by atoms with Gasteiger partial charge in [0.25, 0.3) is 0 Å². The molecule has 1 saturated heterocycles. The lowest BCUT2D eigenvalue weighted by Crippen LogP contribution is -2.06. The van der Waals surface area contributed by atoms with Gasteiger partial charge in [-0.05, 0) is 31.3 Å². The zero-order valence-electron chi connectivity index (χ0n) is 5.69. The van der Waals surface area contributed by atoms with Gasteiger partial charge >= 0.3 is 0 Å². The smallest absolute Gasteiger partial charge is 0.0323 e. The molecule has 0 atom stereocenters. The Labute approximate surface area is 53.4 Å². The van der Waals surface area contributed by atoms with Crippen LogP contribution in [-0.2, 0) is 0 Å².